The third kappa shape index (κ3) is 3.20. The van der Waals surface area contributed by atoms with Crippen LogP contribution in [0.15, 0.2) is 50.8 Å². The molecule has 0 aromatic carbocycles. The van der Waals surface area contributed by atoms with Gasteiger partial charge in [0.15, 0.2) is 0 Å². The molecule has 0 spiro atoms. The second-order valence-corrected chi connectivity index (χ2v) is 6.88. The van der Waals surface area contributed by atoms with E-state index in [1.165, 1.54) is 0 Å². The highest BCUT2D eigenvalue weighted by atomic mass is 32.2. The molecule has 0 bridgehead atoms. The summed E-state index contributed by atoms with van der Waals surface area (Å²) in [7, 11) is -3.71. The molecule has 3 aromatic rings. The predicted molar refractivity (Wildman–Crippen MR) is 80.2 cm³/mol. The number of nitrogens with one attached hydrogen (secondary N) is 1. The monoisotopic (exact) mass is 336 g/mol. The van der Waals surface area contributed by atoms with E-state index in [1.807, 2.05) is 19.9 Å². The molecule has 0 amide bonds. The van der Waals surface area contributed by atoms with Gasteiger partial charge in [-0.25, -0.2) is 13.1 Å². The van der Waals surface area contributed by atoms with Crippen LogP contribution in [-0.2, 0) is 10.0 Å². The summed E-state index contributed by atoms with van der Waals surface area (Å²) < 4.78 is 38.7. The van der Waals surface area contributed by atoms with Crippen LogP contribution >= 0.6 is 0 Å². The number of hydrogen-bond acceptors (Lipinski definition) is 6. The molecule has 3 heterocycles. The van der Waals surface area contributed by atoms with Crippen LogP contribution in [0.1, 0.15) is 23.2 Å². The summed E-state index contributed by atoms with van der Waals surface area (Å²) >= 11 is 0. The molecular formula is C14H16N4O4S. The summed E-state index contributed by atoms with van der Waals surface area (Å²) in [6.07, 6.45) is 3.77. The van der Waals surface area contributed by atoms with Crippen molar-refractivity contribution in [2.75, 3.05) is 6.54 Å². The van der Waals surface area contributed by atoms with E-state index < -0.39 is 16.1 Å². The van der Waals surface area contributed by atoms with E-state index in [-0.39, 0.29) is 11.4 Å². The fraction of sp³-hybridized carbons (Fsp3) is 0.286. The minimum Gasteiger partial charge on any atom is -0.467 e. The molecule has 8 nitrogen and oxygen atoms in total. The Labute approximate surface area is 133 Å². The first kappa shape index (κ1) is 15.5. The van der Waals surface area contributed by atoms with Gasteiger partial charge in [-0.3, -0.25) is 4.68 Å². The van der Waals surface area contributed by atoms with Gasteiger partial charge in [0.05, 0.1) is 18.2 Å². The summed E-state index contributed by atoms with van der Waals surface area (Å²) in [6.45, 7) is 3.87. The molecule has 0 aliphatic carbocycles. The van der Waals surface area contributed by atoms with Crippen LogP contribution in [0, 0.1) is 13.8 Å². The number of nitrogens with zero attached hydrogens (tertiary/aromatic N) is 3. The molecule has 1 unspecified atom stereocenters. The van der Waals surface area contributed by atoms with Crippen LogP contribution in [0.25, 0.3) is 0 Å². The van der Waals surface area contributed by atoms with Crippen molar-refractivity contribution in [2.24, 2.45) is 0 Å². The minimum absolute atomic E-state index is 0.0240. The Hall–Kier alpha value is -2.39. The van der Waals surface area contributed by atoms with Gasteiger partial charge >= 0.3 is 0 Å². The van der Waals surface area contributed by atoms with Gasteiger partial charge in [0.2, 0.25) is 10.0 Å². The zero-order valence-corrected chi connectivity index (χ0v) is 13.4. The van der Waals surface area contributed by atoms with E-state index in [2.05, 4.69) is 19.5 Å². The van der Waals surface area contributed by atoms with Crippen molar-refractivity contribution in [1.29, 1.82) is 0 Å². The molecule has 0 aliphatic heterocycles. The number of aryl methyl sites for hydroxylation is 2. The average Bonchev–Trinajstić information content (AvgIpc) is 3.22. The summed E-state index contributed by atoms with van der Waals surface area (Å²) in [5.74, 6) is 0.615. The zero-order valence-electron chi connectivity index (χ0n) is 12.6. The summed E-state index contributed by atoms with van der Waals surface area (Å²) in [4.78, 5) is -0.0240. The van der Waals surface area contributed by atoms with Crippen molar-refractivity contribution >= 4 is 10.0 Å². The SMILES string of the molecule is Cc1cc(C)n(C(CNS(=O)(=O)c2cnoc2)c2ccco2)n1. The molecular weight excluding hydrogens is 320 g/mol. The minimum atomic E-state index is -3.71. The van der Waals surface area contributed by atoms with Crippen molar-refractivity contribution in [3.63, 3.8) is 0 Å². The van der Waals surface area contributed by atoms with Gasteiger partial charge in [-0.15, -0.1) is 0 Å². The van der Waals surface area contributed by atoms with Gasteiger partial charge in [-0.2, -0.15) is 5.10 Å². The molecule has 1 atom stereocenters. The lowest BCUT2D eigenvalue weighted by atomic mass is 10.2. The number of furan rings is 1. The van der Waals surface area contributed by atoms with Gasteiger partial charge in [0.25, 0.3) is 0 Å². The van der Waals surface area contributed by atoms with Gasteiger partial charge in [0.1, 0.15) is 23.0 Å². The number of sulfonamides is 1. The maximum atomic E-state index is 12.2. The highest BCUT2D eigenvalue weighted by Crippen LogP contribution is 2.21. The fourth-order valence-corrected chi connectivity index (χ4v) is 3.25. The maximum absolute atomic E-state index is 12.2. The molecule has 9 heteroatoms. The van der Waals surface area contributed by atoms with Crippen LogP contribution in [0.5, 0.6) is 0 Å². The first-order valence-corrected chi connectivity index (χ1v) is 8.41. The maximum Gasteiger partial charge on any atom is 0.245 e. The van der Waals surface area contributed by atoms with Gasteiger partial charge in [0, 0.05) is 12.2 Å². The lowest BCUT2D eigenvalue weighted by molar-refractivity contribution is 0.396. The Kier molecular flexibility index (Phi) is 4.05. The van der Waals surface area contributed by atoms with Crippen LogP contribution in [0.4, 0.5) is 0 Å². The standard InChI is InChI=1S/C14H16N4O4S/c1-10-6-11(2)18(17-10)13(14-4-3-5-21-14)8-16-23(19,20)12-7-15-22-9-12/h3-7,9,13,16H,8H2,1-2H3. The lowest BCUT2D eigenvalue weighted by Gasteiger charge is -2.17. The van der Waals surface area contributed by atoms with Crippen LogP contribution in [-0.4, -0.2) is 29.9 Å². The highest BCUT2D eigenvalue weighted by molar-refractivity contribution is 7.89. The van der Waals surface area contributed by atoms with E-state index >= 15 is 0 Å². The van der Waals surface area contributed by atoms with E-state index in [0.29, 0.717) is 5.76 Å². The summed E-state index contributed by atoms with van der Waals surface area (Å²) in [5.41, 5.74) is 1.76. The fourth-order valence-electron chi connectivity index (χ4n) is 2.35. The van der Waals surface area contributed by atoms with E-state index in [9.17, 15) is 8.42 Å². The quantitative estimate of drug-likeness (QED) is 0.734. The zero-order chi connectivity index (χ0) is 16.4. The highest BCUT2D eigenvalue weighted by Gasteiger charge is 2.24. The molecule has 0 aliphatic rings. The Morgan fingerprint density at radius 2 is 2.22 bits per heavy atom. The van der Waals surface area contributed by atoms with Crippen molar-refractivity contribution in [3.8, 4) is 0 Å². The Morgan fingerprint density at radius 3 is 2.78 bits per heavy atom. The molecule has 0 saturated carbocycles. The summed E-state index contributed by atoms with van der Waals surface area (Å²) in [5, 5.41) is 7.83. The topological polar surface area (TPSA) is 103 Å². The first-order chi connectivity index (χ1) is 11.0. The molecule has 0 saturated heterocycles. The molecule has 0 fully saturated rings. The average molecular weight is 336 g/mol. The van der Waals surface area contributed by atoms with Crippen molar-refractivity contribution < 1.29 is 17.4 Å². The van der Waals surface area contributed by atoms with Crippen molar-refractivity contribution in [3.05, 3.63) is 54.1 Å². The van der Waals surface area contributed by atoms with E-state index in [1.54, 1.807) is 23.1 Å². The molecule has 0 radical (unpaired) electrons. The lowest BCUT2D eigenvalue weighted by Crippen LogP contribution is -2.32. The Morgan fingerprint density at radius 1 is 1.39 bits per heavy atom. The Bertz CT molecular complexity index is 866. The molecule has 23 heavy (non-hydrogen) atoms. The molecule has 3 rings (SSSR count). The predicted octanol–water partition coefficient (Wildman–Crippen LogP) is 1.65. The third-order valence-corrected chi connectivity index (χ3v) is 4.77. The van der Waals surface area contributed by atoms with Crippen LogP contribution in [0.2, 0.25) is 0 Å². The van der Waals surface area contributed by atoms with Crippen molar-refractivity contribution in [2.45, 2.75) is 24.8 Å². The second kappa shape index (κ2) is 6.01. The van der Waals surface area contributed by atoms with Gasteiger partial charge in [-0.05, 0) is 32.0 Å². The van der Waals surface area contributed by atoms with E-state index in [0.717, 1.165) is 23.8 Å². The number of rotatable bonds is 6. The smallest absolute Gasteiger partial charge is 0.245 e. The molecule has 122 valence electrons. The van der Waals surface area contributed by atoms with Crippen LogP contribution in [0.3, 0.4) is 0 Å². The second-order valence-electron chi connectivity index (χ2n) is 5.11. The first-order valence-electron chi connectivity index (χ1n) is 6.92. The van der Waals surface area contributed by atoms with Crippen molar-refractivity contribution in [1.82, 2.24) is 19.7 Å². The normalized spacial score (nSPS) is 13.3. The molecule has 3 aromatic heterocycles. The molecule has 1 N–H and O–H groups in total. The summed E-state index contributed by atoms with van der Waals surface area (Å²) in [6, 6.07) is 5.07. The Balaban J connectivity index is 1.87. The number of hydrogen-bond donors (Lipinski definition) is 1. The number of aromatic nitrogens is 3. The third-order valence-electron chi connectivity index (χ3n) is 3.40. The van der Waals surface area contributed by atoms with Crippen LogP contribution < -0.4 is 4.72 Å². The van der Waals surface area contributed by atoms with E-state index in [4.69, 9.17) is 4.42 Å². The van der Waals surface area contributed by atoms with Gasteiger partial charge < -0.3 is 8.94 Å². The van der Waals surface area contributed by atoms with Gasteiger partial charge in [-0.1, -0.05) is 5.16 Å². The largest absolute Gasteiger partial charge is 0.467 e.